The lowest BCUT2D eigenvalue weighted by Crippen LogP contribution is -2.11. The fourth-order valence-corrected chi connectivity index (χ4v) is 4.40. The van der Waals surface area contributed by atoms with Gasteiger partial charge >= 0.3 is 0 Å². The highest BCUT2D eigenvalue weighted by atomic mass is 32.2. The van der Waals surface area contributed by atoms with E-state index in [0.29, 0.717) is 21.9 Å². The zero-order valence-electron chi connectivity index (χ0n) is 14.0. The molecule has 1 heterocycles. The predicted molar refractivity (Wildman–Crippen MR) is 103 cm³/mol. The van der Waals surface area contributed by atoms with Gasteiger partial charge in [0.25, 0.3) is 5.91 Å². The van der Waals surface area contributed by atoms with Crippen LogP contribution < -0.4 is 10.1 Å². The quantitative estimate of drug-likeness (QED) is 0.694. The van der Waals surface area contributed by atoms with Gasteiger partial charge in [-0.1, -0.05) is 24.3 Å². The Morgan fingerprint density at radius 3 is 2.50 bits per heavy atom. The normalized spacial score (nSPS) is 11.1. The van der Waals surface area contributed by atoms with Gasteiger partial charge < -0.3 is 10.1 Å². The van der Waals surface area contributed by atoms with E-state index in [1.165, 1.54) is 23.5 Å². The molecule has 0 aliphatic carbocycles. The first-order valence-electron chi connectivity index (χ1n) is 7.78. The Morgan fingerprint density at radius 2 is 1.85 bits per heavy atom. The third-order valence-corrected chi connectivity index (χ3v) is 6.27. The molecular weight excluding hydrogens is 370 g/mol. The van der Waals surface area contributed by atoms with Crippen LogP contribution in [0.25, 0.3) is 0 Å². The fourth-order valence-electron chi connectivity index (χ4n) is 2.39. The standard InChI is InChI=1S/C19H17NO4S2/c1-24-16-9-7-14(8-10-16)13-26(22,23)17-5-2-4-15(12-17)20-19(21)18-6-3-11-25-18/h2-12H,13H2,1H3,(H,20,21). The number of methoxy groups -OCH3 is 1. The minimum Gasteiger partial charge on any atom is -0.497 e. The lowest BCUT2D eigenvalue weighted by atomic mass is 10.2. The van der Waals surface area contributed by atoms with E-state index < -0.39 is 9.84 Å². The zero-order valence-corrected chi connectivity index (χ0v) is 15.6. The highest BCUT2D eigenvalue weighted by Crippen LogP contribution is 2.22. The largest absolute Gasteiger partial charge is 0.497 e. The maximum absolute atomic E-state index is 12.7. The van der Waals surface area contributed by atoms with Crippen LogP contribution in [0.3, 0.4) is 0 Å². The summed E-state index contributed by atoms with van der Waals surface area (Å²) in [5.41, 5.74) is 1.11. The Balaban J connectivity index is 1.78. The molecular formula is C19H17NO4S2. The topological polar surface area (TPSA) is 72.5 Å². The first-order chi connectivity index (χ1) is 12.5. The molecule has 1 aromatic heterocycles. The lowest BCUT2D eigenvalue weighted by molar-refractivity contribution is 0.103. The summed E-state index contributed by atoms with van der Waals surface area (Å²) in [7, 11) is -1.98. The first kappa shape index (κ1) is 18.2. The summed E-state index contributed by atoms with van der Waals surface area (Å²) in [5, 5.41) is 4.54. The number of amides is 1. The average Bonchev–Trinajstić information content (AvgIpc) is 3.17. The third-order valence-electron chi connectivity index (χ3n) is 3.71. The Kier molecular flexibility index (Phi) is 5.39. The molecule has 2 aromatic carbocycles. The number of rotatable bonds is 6. The number of carbonyl (C=O) groups is 1. The number of thiophene rings is 1. The van der Waals surface area contributed by atoms with Crippen LogP contribution in [-0.4, -0.2) is 21.4 Å². The fraction of sp³-hybridized carbons (Fsp3) is 0.105. The summed E-state index contributed by atoms with van der Waals surface area (Å²) in [5.74, 6) is 0.286. The molecule has 0 fully saturated rings. The predicted octanol–water partition coefficient (Wildman–Crippen LogP) is 3.98. The molecule has 5 nitrogen and oxygen atoms in total. The van der Waals surface area contributed by atoms with Crippen LogP contribution >= 0.6 is 11.3 Å². The van der Waals surface area contributed by atoms with Gasteiger partial charge in [-0.05, 0) is 47.3 Å². The molecule has 3 rings (SSSR count). The van der Waals surface area contributed by atoms with Crippen molar-refractivity contribution in [3.8, 4) is 5.75 Å². The van der Waals surface area contributed by atoms with E-state index in [1.807, 2.05) is 5.38 Å². The van der Waals surface area contributed by atoms with Crippen LogP contribution in [0.2, 0.25) is 0 Å². The minimum atomic E-state index is -3.53. The molecule has 0 bridgehead atoms. The second kappa shape index (κ2) is 7.72. The average molecular weight is 387 g/mol. The monoisotopic (exact) mass is 387 g/mol. The van der Waals surface area contributed by atoms with E-state index in [1.54, 1.807) is 55.6 Å². The smallest absolute Gasteiger partial charge is 0.265 e. The molecule has 7 heteroatoms. The van der Waals surface area contributed by atoms with E-state index in [0.717, 1.165) is 0 Å². The van der Waals surface area contributed by atoms with Crippen LogP contribution in [0, 0.1) is 0 Å². The molecule has 1 N–H and O–H groups in total. The van der Waals surface area contributed by atoms with Crippen LogP contribution in [0.15, 0.2) is 70.9 Å². The SMILES string of the molecule is COc1ccc(CS(=O)(=O)c2cccc(NC(=O)c3cccs3)c2)cc1. The van der Waals surface area contributed by atoms with Crippen molar-refractivity contribution in [3.63, 3.8) is 0 Å². The van der Waals surface area contributed by atoms with Gasteiger partial charge in [-0.15, -0.1) is 11.3 Å². The van der Waals surface area contributed by atoms with Crippen molar-refractivity contribution in [3.05, 3.63) is 76.5 Å². The van der Waals surface area contributed by atoms with Gasteiger partial charge in [0.2, 0.25) is 0 Å². The molecule has 0 unspecified atom stereocenters. The molecule has 0 aliphatic rings. The summed E-state index contributed by atoms with van der Waals surface area (Å²) < 4.78 is 30.4. The number of hydrogen-bond acceptors (Lipinski definition) is 5. The number of sulfone groups is 1. The number of benzene rings is 2. The molecule has 1 amide bonds. The second-order valence-corrected chi connectivity index (χ2v) is 8.50. The van der Waals surface area contributed by atoms with Crippen LogP contribution in [0.1, 0.15) is 15.2 Å². The number of hydrogen-bond donors (Lipinski definition) is 1. The van der Waals surface area contributed by atoms with Crippen molar-refractivity contribution in [2.45, 2.75) is 10.6 Å². The van der Waals surface area contributed by atoms with Crippen LogP contribution in [0.4, 0.5) is 5.69 Å². The number of carbonyl (C=O) groups excluding carboxylic acids is 1. The molecule has 0 spiro atoms. The maximum Gasteiger partial charge on any atom is 0.265 e. The molecule has 0 radical (unpaired) electrons. The summed E-state index contributed by atoms with van der Waals surface area (Å²) >= 11 is 1.32. The van der Waals surface area contributed by atoms with E-state index in [-0.39, 0.29) is 16.6 Å². The van der Waals surface area contributed by atoms with Crippen molar-refractivity contribution >= 4 is 32.8 Å². The van der Waals surface area contributed by atoms with Crippen molar-refractivity contribution in [1.29, 1.82) is 0 Å². The summed E-state index contributed by atoms with van der Waals surface area (Å²) in [6.07, 6.45) is 0. The van der Waals surface area contributed by atoms with Crippen molar-refractivity contribution in [1.82, 2.24) is 0 Å². The van der Waals surface area contributed by atoms with Crippen LogP contribution in [-0.2, 0) is 15.6 Å². The highest BCUT2D eigenvalue weighted by molar-refractivity contribution is 7.90. The van der Waals surface area contributed by atoms with Gasteiger partial charge in [0, 0.05) is 5.69 Å². The molecule has 0 atom stereocenters. The number of nitrogens with one attached hydrogen (secondary N) is 1. The third kappa shape index (κ3) is 4.30. The van der Waals surface area contributed by atoms with Crippen molar-refractivity contribution in [2.24, 2.45) is 0 Å². The van der Waals surface area contributed by atoms with Crippen LogP contribution in [0.5, 0.6) is 5.75 Å². The molecule has 3 aromatic rings. The Hall–Kier alpha value is -2.64. The van der Waals surface area contributed by atoms with Crippen molar-refractivity contribution in [2.75, 3.05) is 12.4 Å². The molecule has 0 saturated carbocycles. The Morgan fingerprint density at radius 1 is 1.08 bits per heavy atom. The highest BCUT2D eigenvalue weighted by Gasteiger charge is 2.17. The Labute approximate surface area is 156 Å². The Bertz CT molecular complexity index is 994. The summed E-state index contributed by atoms with van der Waals surface area (Å²) in [6.45, 7) is 0. The number of ether oxygens (including phenoxy) is 1. The van der Waals surface area contributed by atoms with Gasteiger partial charge in [0.1, 0.15) is 5.75 Å². The van der Waals surface area contributed by atoms with Gasteiger partial charge in [0.05, 0.1) is 22.6 Å². The van der Waals surface area contributed by atoms with Gasteiger partial charge in [-0.2, -0.15) is 0 Å². The molecule has 134 valence electrons. The lowest BCUT2D eigenvalue weighted by Gasteiger charge is -2.09. The van der Waals surface area contributed by atoms with Gasteiger partial charge in [-0.3, -0.25) is 4.79 Å². The maximum atomic E-state index is 12.7. The van der Waals surface area contributed by atoms with Crippen molar-refractivity contribution < 1.29 is 17.9 Å². The van der Waals surface area contributed by atoms with E-state index >= 15 is 0 Å². The zero-order chi connectivity index (χ0) is 18.6. The molecule has 0 saturated heterocycles. The summed E-state index contributed by atoms with van der Waals surface area (Å²) in [4.78, 5) is 12.9. The second-order valence-electron chi connectivity index (χ2n) is 5.57. The summed E-state index contributed by atoms with van der Waals surface area (Å²) in [6, 6.07) is 16.7. The van der Waals surface area contributed by atoms with Gasteiger partial charge in [0.15, 0.2) is 9.84 Å². The number of anilines is 1. The van der Waals surface area contributed by atoms with Gasteiger partial charge in [-0.25, -0.2) is 8.42 Å². The molecule has 0 aliphatic heterocycles. The van der Waals surface area contributed by atoms with E-state index in [4.69, 9.17) is 4.74 Å². The van der Waals surface area contributed by atoms with E-state index in [9.17, 15) is 13.2 Å². The molecule has 26 heavy (non-hydrogen) atoms. The van der Waals surface area contributed by atoms with E-state index in [2.05, 4.69) is 5.32 Å². The minimum absolute atomic E-state index is 0.126. The first-order valence-corrected chi connectivity index (χ1v) is 10.3.